The maximum Gasteiger partial charge on any atom is 0.269 e. The molecular weight excluding hydrogens is 296 g/mol. The standard InChI is InChI=1S/C13H17BrN2O2/c1-13(5-7-18-8-6-13)9-15-12(17)10-3-2-4-11(14)16-10/h2-4H,5-9H2,1H3,(H,15,17). The lowest BCUT2D eigenvalue weighted by Crippen LogP contribution is -2.39. The highest BCUT2D eigenvalue weighted by Gasteiger charge is 2.27. The minimum Gasteiger partial charge on any atom is -0.381 e. The third-order valence-corrected chi connectivity index (χ3v) is 3.77. The van der Waals surface area contributed by atoms with E-state index in [1.165, 1.54) is 0 Å². The number of hydrogen-bond donors (Lipinski definition) is 1. The molecule has 5 heteroatoms. The highest BCUT2D eigenvalue weighted by atomic mass is 79.9. The number of halogens is 1. The van der Waals surface area contributed by atoms with Crippen LogP contribution in [-0.4, -0.2) is 30.6 Å². The van der Waals surface area contributed by atoms with Gasteiger partial charge >= 0.3 is 0 Å². The van der Waals surface area contributed by atoms with Gasteiger partial charge in [-0.1, -0.05) is 13.0 Å². The van der Waals surface area contributed by atoms with Gasteiger partial charge in [-0.25, -0.2) is 4.98 Å². The van der Waals surface area contributed by atoms with Crippen molar-refractivity contribution in [1.82, 2.24) is 10.3 Å². The van der Waals surface area contributed by atoms with Crippen LogP contribution >= 0.6 is 15.9 Å². The number of pyridine rings is 1. The number of rotatable bonds is 3. The first-order valence-corrected chi connectivity index (χ1v) is 6.87. The summed E-state index contributed by atoms with van der Waals surface area (Å²) in [5.74, 6) is -0.121. The molecule has 1 amide bonds. The maximum absolute atomic E-state index is 12.0. The number of hydrogen-bond acceptors (Lipinski definition) is 3. The molecular formula is C13H17BrN2O2. The van der Waals surface area contributed by atoms with E-state index in [9.17, 15) is 4.79 Å². The second-order valence-corrected chi connectivity index (χ2v) is 5.76. The highest BCUT2D eigenvalue weighted by Crippen LogP contribution is 2.28. The smallest absolute Gasteiger partial charge is 0.269 e. The molecule has 2 heterocycles. The molecule has 0 aliphatic carbocycles. The van der Waals surface area contributed by atoms with E-state index in [1.807, 2.05) is 6.07 Å². The summed E-state index contributed by atoms with van der Waals surface area (Å²) in [4.78, 5) is 16.1. The Balaban J connectivity index is 1.92. The zero-order valence-corrected chi connectivity index (χ0v) is 12.0. The lowest BCUT2D eigenvalue weighted by atomic mass is 9.82. The summed E-state index contributed by atoms with van der Waals surface area (Å²) in [5.41, 5.74) is 0.583. The van der Waals surface area contributed by atoms with Gasteiger partial charge in [-0.05, 0) is 46.3 Å². The van der Waals surface area contributed by atoms with E-state index in [0.29, 0.717) is 16.8 Å². The van der Waals surface area contributed by atoms with Crippen molar-refractivity contribution < 1.29 is 9.53 Å². The Labute approximate surface area is 115 Å². The van der Waals surface area contributed by atoms with E-state index in [0.717, 1.165) is 26.1 Å². The molecule has 1 N–H and O–H groups in total. The van der Waals surface area contributed by atoms with Crippen molar-refractivity contribution in [2.24, 2.45) is 5.41 Å². The molecule has 0 saturated carbocycles. The summed E-state index contributed by atoms with van der Waals surface area (Å²) in [6.45, 7) is 4.41. The minimum absolute atomic E-state index is 0.121. The Morgan fingerprint density at radius 2 is 2.22 bits per heavy atom. The Bertz CT molecular complexity index is 431. The summed E-state index contributed by atoms with van der Waals surface area (Å²) in [7, 11) is 0. The Hall–Kier alpha value is -0.940. The molecule has 1 fully saturated rings. The van der Waals surface area contributed by atoms with Crippen LogP contribution in [0.25, 0.3) is 0 Å². The SMILES string of the molecule is CC1(CNC(=O)c2cccc(Br)n2)CCOCC1. The number of aromatic nitrogens is 1. The average molecular weight is 313 g/mol. The summed E-state index contributed by atoms with van der Waals surface area (Å²) >= 11 is 3.26. The molecule has 0 atom stereocenters. The van der Waals surface area contributed by atoms with Gasteiger partial charge in [0.1, 0.15) is 10.3 Å². The van der Waals surface area contributed by atoms with Crippen LogP contribution in [0.4, 0.5) is 0 Å². The van der Waals surface area contributed by atoms with Crippen LogP contribution in [0.1, 0.15) is 30.3 Å². The predicted molar refractivity (Wildman–Crippen MR) is 72.4 cm³/mol. The first-order valence-electron chi connectivity index (χ1n) is 6.08. The van der Waals surface area contributed by atoms with Gasteiger partial charge in [-0.3, -0.25) is 4.79 Å². The van der Waals surface area contributed by atoms with Gasteiger partial charge < -0.3 is 10.1 Å². The maximum atomic E-state index is 12.0. The molecule has 0 aromatic carbocycles. The molecule has 18 heavy (non-hydrogen) atoms. The van der Waals surface area contributed by atoms with Crippen molar-refractivity contribution in [2.75, 3.05) is 19.8 Å². The lowest BCUT2D eigenvalue weighted by Gasteiger charge is -2.33. The van der Waals surface area contributed by atoms with Crippen LogP contribution in [0.5, 0.6) is 0 Å². The molecule has 2 rings (SSSR count). The monoisotopic (exact) mass is 312 g/mol. The van der Waals surface area contributed by atoms with Crippen molar-refractivity contribution in [1.29, 1.82) is 0 Å². The topological polar surface area (TPSA) is 51.2 Å². The Morgan fingerprint density at radius 1 is 1.50 bits per heavy atom. The fourth-order valence-electron chi connectivity index (χ4n) is 1.96. The van der Waals surface area contributed by atoms with Gasteiger partial charge in [0.05, 0.1) is 0 Å². The van der Waals surface area contributed by atoms with E-state index >= 15 is 0 Å². The number of ether oxygens (including phenoxy) is 1. The summed E-state index contributed by atoms with van der Waals surface area (Å²) < 4.78 is 6.01. The average Bonchev–Trinajstić information content (AvgIpc) is 2.37. The quantitative estimate of drug-likeness (QED) is 0.872. The molecule has 4 nitrogen and oxygen atoms in total. The van der Waals surface area contributed by atoms with Gasteiger partial charge in [-0.15, -0.1) is 0 Å². The van der Waals surface area contributed by atoms with E-state index < -0.39 is 0 Å². The molecule has 1 aromatic heterocycles. The molecule has 1 aliphatic heterocycles. The number of amides is 1. The zero-order valence-electron chi connectivity index (χ0n) is 10.4. The number of nitrogens with one attached hydrogen (secondary N) is 1. The van der Waals surface area contributed by atoms with E-state index in [2.05, 4.69) is 33.2 Å². The molecule has 1 saturated heterocycles. The number of carbonyl (C=O) groups is 1. The van der Waals surface area contributed by atoms with E-state index in [-0.39, 0.29) is 11.3 Å². The van der Waals surface area contributed by atoms with Crippen molar-refractivity contribution in [2.45, 2.75) is 19.8 Å². The fraction of sp³-hybridized carbons (Fsp3) is 0.538. The third kappa shape index (κ3) is 3.53. The summed E-state index contributed by atoms with van der Waals surface area (Å²) in [6, 6.07) is 5.32. The summed E-state index contributed by atoms with van der Waals surface area (Å²) in [5, 5.41) is 2.96. The third-order valence-electron chi connectivity index (χ3n) is 3.32. The first-order chi connectivity index (χ1) is 8.59. The Morgan fingerprint density at radius 3 is 2.89 bits per heavy atom. The molecule has 0 bridgehead atoms. The van der Waals surface area contributed by atoms with Crippen LogP contribution in [0.3, 0.4) is 0 Å². The molecule has 1 aromatic rings. The largest absolute Gasteiger partial charge is 0.381 e. The zero-order chi connectivity index (χ0) is 13.0. The highest BCUT2D eigenvalue weighted by molar-refractivity contribution is 9.10. The predicted octanol–water partition coefficient (Wildman–Crippen LogP) is 2.39. The van der Waals surface area contributed by atoms with Gasteiger partial charge in [0, 0.05) is 19.8 Å². The summed E-state index contributed by atoms with van der Waals surface area (Å²) in [6.07, 6.45) is 1.97. The van der Waals surface area contributed by atoms with Crippen molar-refractivity contribution >= 4 is 21.8 Å². The van der Waals surface area contributed by atoms with Crippen LogP contribution in [-0.2, 0) is 4.74 Å². The molecule has 0 radical (unpaired) electrons. The van der Waals surface area contributed by atoms with Crippen LogP contribution < -0.4 is 5.32 Å². The van der Waals surface area contributed by atoms with Crippen LogP contribution in [0.2, 0.25) is 0 Å². The normalized spacial score (nSPS) is 18.3. The molecule has 98 valence electrons. The molecule has 1 aliphatic rings. The second-order valence-electron chi connectivity index (χ2n) is 4.95. The van der Waals surface area contributed by atoms with Crippen molar-refractivity contribution in [3.05, 3.63) is 28.5 Å². The van der Waals surface area contributed by atoms with Crippen molar-refractivity contribution in [3.63, 3.8) is 0 Å². The first kappa shape index (κ1) is 13.5. The number of nitrogens with zero attached hydrogens (tertiary/aromatic N) is 1. The lowest BCUT2D eigenvalue weighted by molar-refractivity contribution is 0.0238. The second kappa shape index (κ2) is 5.80. The van der Waals surface area contributed by atoms with Crippen molar-refractivity contribution in [3.8, 4) is 0 Å². The minimum atomic E-state index is -0.121. The Kier molecular flexibility index (Phi) is 4.35. The van der Waals surface area contributed by atoms with Gasteiger partial charge in [-0.2, -0.15) is 0 Å². The van der Waals surface area contributed by atoms with Gasteiger partial charge in [0.2, 0.25) is 0 Å². The number of carbonyl (C=O) groups excluding carboxylic acids is 1. The molecule has 0 unspecified atom stereocenters. The van der Waals surface area contributed by atoms with Crippen LogP contribution in [0.15, 0.2) is 22.8 Å². The van der Waals surface area contributed by atoms with Gasteiger partial charge in [0.15, 0.2) is 0 Å². The van der Waals surface area contributed by atoms with Crippen LogP contribution in [0, 0.1) is 5.41 Å². The van der Waals surface area contributed by atoms with E-state index in [4.69, 9.17) is 4.74 Å². The van der Waals surface area contributed by atoms with Gasteiger partial charge in [0.25, 0.3) is 5.91 Å². The fourth-order valence-corrected chi connectivity index (χ4v) is 2.30. The molecule has 0 spiro atoms. The van der Waals surface area contributed by atoms with E-state index in [1.54, 1.807) is 12.1 Å².